The summed E-state index contributed by atoms with van der Waals surface area (Å²) in [5.74, 6) is -0.00136. The summed E-state index contributed by atoms with van der Waals surface area (Å²) in [5, 5.41) is 7.26. The first-order valence-electron chi connectivity index (χ1n) is 7.20. The Morgan fingerprint density at radius 1 is 1.38 bits per heavy atom. The molecule has 0 radical (unpaired) electrons. The van der Waals surface area contributed by atoms with E-state index in [0.29, 0.717) is 0 Å². The largest absolute Gasteiger partial charge is 0.347 e. The van der Waals surface area contributed by atoms with Crippen molar-refractivity contribution < 1.29 is 4.79 Å². The predicted octanol–water partition coefficient (Wildman–Crippen LogP) is 2.52. The van der Waals surface area contributed by atoms with Crippen molar-refractivity contribution in [2.45, 2.75) is 26.3 Å². The van der Waals surface area contributed by atoms with E-state index in [2.05, 4.69) is 34.7 Å². The van der Waals surface area contributed by atoms with Gasteiger partial charge in [0.05, 0.1) is 5.69 Å². The van der Waals surface area contributed by atoms with Gasteiger partial charge in [0.1, 0.15) is 9.88 Å². The summed E-state index contributed by atoms with van der Waals surface area (Å²) in [6.07, 6.45) is 0.994. The van der Waals surface area contributed by atoms with Crippen molar-refractivity contribution in [3.05, 3.63) is 40.4 Å². The van der Waals surface area contributed by atoms with Gasteiger partial charge in [-0.3, -0.25) is 4.79 Å². The van der Waals surface area contributed by atoms with Crippen LogP contribution in [0.2, 0.25) is 0 Å². The lowest BCUT2D eigenvalue weighted by molar-refractivity contribution is 0.0943. The number of aryl methyl sites for hydroxylation is 2. The molecule has 0 bridgehead atoms. The van der Waals surface area contributed by atoms with Crippen LogP contribution in [0.25, 0.3) is 10.6 Å². The van der Waals surface area contributed by atoms with Crippen molar-refractivity contribution >= 4 is 17.2 Å². The topological polar surface area (TPSA) is 54.0 Å². The number of carbonyl (C=O) groups is 1. The molecule has 1 amide bonds. The Labute approximate surface area is 128 Å². The van der Waals surface area contributed by atoms with Gasteiger partial charge in [0.25, 0.3) is 5.91 Å². The first-order valence-corrected chi connectivity index (χ1v) is 8.02. The van der Waals surface area contributed by atoms with Crippen LogP contribution < -0.4 is 10.6 Å². The van der Waals surface area contributed by atoms with Gasteiger partial charge in [0, 0.05) is 18.2 Å². The molecule has 1 aromatic heterocycles. The van der Waals surface area contributed by atoms with Crippen LogP contribution in [0.5, 0.6) is 0 Å². The van der Waals surface area contributed by atoms with Gasteiger partial charge in [0.2, 0.25) is 0 Å². The fourth-order valence-electron chi connectivity index (χ4n) is 2.56. The third-order valence-electron chi connectivity index (χ3n) is 3.77. The molecule has 1 aromatic carbocycles. The highest BCUT2D eigenvalue weighted by Crippen LogP contribution is 2.30. The van der Waals surface area contributed by atoms with Crippen LogP contribution in [-0.4, -0.2) is 30.0 Å². The number of hydrogen-bond donors (Lipinski definition) is 2. The fourth-order valence-corrected chi connectivity index (χ4v) is 3.62. The number of hydrogen-bond acceptors (Lipinski definition) is 4. The van der Waals surface area contributed by atoms with Gasteiger partial charge < -0.3 is 10.6 Å². The summed E-state index contributed by atoms with van der Waals surface area (Å²) in [5.41, 5.74) is 3.09. The average Bonchev–Trinajstić information content (AvgIpc) is 3.09. The molecule has 1 aliphatic heterocycles. The maximum atomic E-state index is 12.4. The Balaban J connectivity index is 1.84. The van der Waals surface area contributed by atoms with Crippen molar-refractivity contribution in [1.82, 2.24) is 15.6 Å². The zero-order valence-electron chi connectivity index (χ0n) is 12.3. The number of carbonyl (C=O) groups excluding carboxylic acids is 1. The second kappa shape index (κ2) is 5.95. The summed E-state index contributed by atoms with van der Waals surface area (Å²) in [4.78, 5) is 17.7. The van der Waals surface area contributed by atoms with Crippen molar-refractivity contribution in [3.8, 4) is 10.6 Å². The number of thiazole rings is 1. The molecular formula is C16H19N3OS. The molecule has 0 saturated carbocycles. The number of nitrogens with one attached hydrogen (secondary N) is 2. The van der Waals surface area contributed by atoms with Gasteiger partial charge in [-0.2, -0.15) is 0 Å². The van der Waals surface area contributed by atoms with Crippen LogP contribution >= 0.6 is 11.3 Å². The van der Waals surface area contributed by atoms with Gasteiger partial charge in [-0.05, 0) is 32.4 Å². The van der Waals surface area contributed by atoms with E-state index >= 15 is 0 Å². The van der Waals surface area contributed by atoms with Crippen LogP contribution in [0, 0.1) is 13.8 Å². The van der Waals surface area contributed by atoms with Gasteiger partial charge in [0.15, 0.2) is 0 Å². The number of rotatable bonds is 3. The summed E-state index contributed by atoms with van der Waals surface area (Å²) in [6.45, 7) is 5.80. The van der Waals surface area contributed by atoms with E-state index in [-0.39, 0.29) is 11.9 Å². The van der Waals surface area contributed by atoms with Gasteiger partial charge in [-0.15, -0.1) is 11.3 Å². The van der Waals surface area contributed by atoms with E-state index in [4.69, 9.17) is 0 Å². The van der Waals surface area contributed by atoms with Crippen LogP contribution in [0.1, 0.15) is 27.3 Å². The Kier molecular flexibility index (Phi) is 4.03. The molecular weight excluding hydrogens is 282 g/mol. The molecule has 1 fully saturated rings. The van der Waals surface area contributed by atoms with Crippen LogP contribution in [0.4, 0.5) is 0 Å². The van der Waals surface area contributed by atoms with Crippen molar-refractivity contribution in [1.29, 1.82) is 0 Å². The zero-order valence-corrected chi connectivity index (χ0v) is 13.1. The molecule has 2 aromatic rings. The standard InChI is InChI=1S/C16H19N3OS/c1-10-5-3-4-6-13(10)16-18-11(2)14(21-16)15(20)19-12-7-8-17-9-12/h3-6,12,17H,7-9H2,1-2H3,(H,19,20)/t12-/m0/s1. The van der Waals surface area contributed by atoms with E-state index in [1.807, 2.05) is 19.1 Å². The minimum Gasteiger partial charge on any atom is -0.347 e. The highest BCUT2D eigenvalue weighted by atomic mass is 32.1. The number of nitrogens with zero attached hydrogens (tertiary/aromatic N) is 1. The van der Waals surface area contributed by atoms with E-state index < -0.39 is 0 Å². The predicted molar refractivity (Wildman–Crippen MR) is 85.8 cm³/mol. The molecule has 2 heterocycles. The number of benzene rings is 1. The van der Waals surface area contributed by atoms with E-state index in [9.17, 15) is 4.79 Å². The van der Waals surface area contributed by atoms with Crippen LogP contribution in [0.15, 0.2) is 24.3 Å². The Morgan fingerprint density at radius 2 is 2.19 bits per heavy atom. The van der Waals surface area contributed by atoms with Gasteiger partial charge in [-0.25, -0.2) is 4.98 Å². The maximum Gasteiger partial charge on any atom is 0.263 e. The smallest absolute Gasteiger partial charge is 0.263 e. The molecule has 21 heavy (non-hydrogen) atoms. The minimum absolute atomic E-state index is 0.00136. The normalized spacial score (nSPS) is 17.9. The van der Waals surface area contributed by atoms with Crippen molar-refractivity contribution in [3.63, 3.8) is 0 Å². The average molecular weight is 301 g/mol. The fraction of sp³-hybridized carbons (Fsp3) is 0.375. The summed E-state index contributed by atoms with van der Waals surface area (Å²) < 4.78 is 0. The molecule has 2 N–H and O–H groups in total. The lowest BCUT2D eigenvalue weighted by Crippen LogP contribution is -2.36. The van der Waals surface area contributed by atoms with Crippen LogP contribution in [0.3, 0.4) is 0 Å². The molecule has 110 valence electrons. The maximum absolute atomic E-state index is 12.4. The molecule has 1 saturated heterocycles. The first kappa shape index (κ1) is 14.2. The lowest BCUT2D eigenvalue weighted by atomic mass is 10.1. The quantitative estimate of drug-likeness (QED) is 0.916. The van der Waals surface area contributed by atoms with Crippen LogP contribution in [-0.2, 0) is 0 Å². The highest BCUT2D eigenvalue weighted by Gasteiger charge is 2.21. The van der Waals surface area contributed by atoms with Gasteiger partial charge >= 0.3 is 0 Å². The molecule has 0 aliphatic carbocycles. The van der Waals surface area contributed by atoms with E-state index in [1.54, 1.807) is 0 Å². The summed E-state index contributed by atoms with van der Waals surface area (Å²) in [6, 6.07) is 8.37. The lowest BCUT2D eigenvalue weighted by Gasteiger charge is -2.10. The molecule has 1 aliphatic rings. The van der Waals surface area contributed by atoms with E-state index in [0.717, 1.165) is 40.7 Å². The molecule has 0 unspecified atom stereocenters. The monoisotopic (exact) mass is 301 g/mol. The molecule has 5 heteroatoms. The second-order valence-electron chi connectivity index (χ2n) is 5.41. The van der Waals surface area contributed by atoms with Gasteiger partial charge in [-0.1, -0.05) is 24.3 Å². The summed E-state index contributed by atoms with van der Waals surface area (Å²) in [7, 11) is 0. The Bertz CT molecular complexity index is 659. The molecule has 3 rings (SSSR count). The highest BCUT2D eigenvalue weighted by molar-refractivity contribution is 7.17. The third-order valence-corrected chi connectivity index (χ3v) is 4.96. The van der Waals surface area contributed by atoms with Crippen molar-refractivity contribution in [2.75, 3.05) is 13.1 Å². The SMILES string of the molecule is Cc1ccccc1-c1nc(C)c(C(=O)N[C@H]2CCNC2)s1. The third kappa shape index (κ3) is 2.99. The minimum atomic E-state index is -0.00136. The Hall–Kier alpha value is -1.72. The Morgan fingerprint density at radius 3 is 2.90 bits per heavy atom. The van der Waals surface area contributed by atoms with Crippen molar-refractivity contribution in [2.24, 2.45) is 0 Å². The zero-order chi connectivity index (χ0) is 14.8. The number of amides is 1. The first-order chi connectivity index (χ1) is 10.1. The van der Waals surface area contributed by atoms with E-state index in [1.165, 1.54) is 16.9 Å². The molecule has 1 atom stereocenters. The molecule has 0 spiro atoms. The summed E-state index contributed by atoms with van der Waals surface area (Å²) >= 11 is 1.47. The second-order valence-corrected chi connectivity index (χ2v) is 6.41. The number of aromatic nitrogens is 1. The molecule has 4 nitrogen and oxygen atoms in total.